The number of esters is 1. The Bertz CT molecular complexity index is 1130. The van der Waals surface area contributed by atoms with Gasteiger partial charge < -0.3 is 10.1 Å². The van der Waals surface area contributed by atoms with Crippen LogP contribution in [0.3, 0.4) is 0 Å². The highest BCUT2D eigenvalue weighted by atomic mass is 19.3. The second-order valence-electron chi connectivity index (χ2n) is 7.39. The molecule has 0 aliphatic rings. The molecule has 9 heteroatoms. The van der Waals surface area contributed by atoms with Crippen molar-refractivity contribution in [2.75, 3.05) is 13.2 Å². The number of aromatic nitrogens is 3. The summed E-state index contributed by atoms with van der Waals surface area (Å²) in [5, 5.41) is 7.71. The summed E-state index contributed by atoms with van der Waals surface area (Å²) in [7, 11) is 1.82. The van der Waals surface area contributed by atoms with Crippen LogP contribution >= 0.6 is 0 Å². The average molecular weight is 444 g/mol. The zero-order valence-corrected chi connectivity index (χ0v) is 18.3. The van der Waals surface area contributed by atoms with Crippen LogP contribution in [0.4, 0.5) is 8.78 Å². The number of aryl methyl sites for hydroxylation is 1. The molecule has 1 N–H and O–H groups in total. The molecule has 7 nitrogen and oxygen atoms in total. The SMILES string of the molecule is CCOC(=O)c1cccc2c(-c3cnn(C)c3C)cc(C(=O)NCCCCC(F)F)nc12. The Morgan fingerprint density at radius 2 is 2.00 bits per heavy atom. The highest BCUT2D eigenvalue weighted by molar-refractivity contribution is 6.09. The lowest BCUT2D eigenvalue weighted by Gasteiger charge is -2.13. The van der Waals surface area contributed by atoms with Gasteiger partial charge in [0.05, 0.1) is 23.9 Å². The number of carbonyl (C=O) groups is 2. The first-order chi connectivity index (χ1) is 15.3. The summed E-state index contributed by atoms with van der Waals surface area (Å²) >= 11 is 0. The van der Waals surface area contributed by atoms with Crippen molar-refractivity contribution in [1.82, 2.24) is 20.1 Å². The van der Waals surface area contributed by atoms with Crippen LogP contribution in [0.15, 0.2) is 30.5 Å². The van der Waals surface area contributed by atoms with E-state index in [1.807, 2.05) is 20.0 Å². The lowest BCUT2D eigenvalue weighted by atomic mass is 9.98. The number of alkyl halides is 2. The van der Waals surface area contributed by atoms with Crippen molar-refractivity contribution < 1.29 is 23.1 Å². The Morgan fingerprint density at radius 3 is 2.66 bits per heavy atom. The molecule has 0 saturated heterocycles. The highest BCUT2D eigenvalue weighted by Gasteiger charge is 2.20. The predicted molar refractivity (Wildman–Crippen MR) is 117 cm³/mol. The molecule has 0 radical (unpaired) electrons. The maximum Gasteiger partial charge on any atom is 0.340 e. The number of pyridine rings is 1. The van der Waals surface area contributed by atoms with Gasteiger partial charge in [-0.15, -0.1) is 0 Å². The van der Waals surface area contributed by atoms with Crippen LogP contribution in [-0.2, 0) is 11.8 Å². The fourth-order valence-electron chi connectivity index (χ4n) is 3.44. The molecule has 3 rings (SSSR count). The number of benzene rings is 1. The number of hydrogen-bond donors (Lipinski definition) is 1. The second kappa shape index (κ2) is 10.3. The number of rotatable bonds is 9. The van der Waals surface area contributed by atoms with E-state index in [0.717, 1.165) is 16.8 Å². The molecule has 32 heavy (non-hydrogen) atoms. The monoisotopic (exact) mass is 444 g/mol. The summed E-state index contributed by atoms with van der Waals surface area (Å²) in [6.45, 7) is 4.09. The van der Waals surface area contributed by atoms with Crippen LogP contribution in [0, 0.1) is 6.92 Å². The molecule has 0 spiro atoms. The van der Waals surface area contributed by atoms with Crippen molar-refractivity contribution in [3.05, 3.63) is 47.4 Å². The van der Waals surface area contributed by atoms with Crippen LogP contribution in [0.5, 0.6) is 0 Å². The Kier molecular flexibility index (Phi) is 7.50. The number of halogens is 2. The minimum atomic E-state index is -2.35. The summed E-state index contributed by atoms with van der Waals surface area (Å²) in [5.41, 5.74) is 3.16. The number of nitrogens with zero attached hydrogens (tertiary/aromatic N) is 3. The van der Waals surface area contributed by atoms with Crippen LogP contribution in [-0.4, -0.2) is 46.2 Å². The third kappa shape index (κ3) is 5.09. The maximum atomic E-state index is 12.8. The van der Waals surface area contributed by atoms with E-state index in [4.69, 9.17) is 4.74 Å². The number of ether oxygens (including phenoxy) is 1. The zero-order valence-electron chi connectivity index (χ0n) is 18.3. The van der Waals surface area contributed by atoms with Gasteiger partial charge in [-0.25, -0.2) is 18.6 Å². The van der Waals surface area contributed by atoms with Gasteiger partial charge in [0.25, 0.3) is 5.91 Å². The number of amides is 1. The first-order valence-electron chi connectivity index (χ1n) is 10.5. The first-order valence-corrected chi connectivity index (χ1v) is 10.5. The Hall–Kier alpha value is -3.36. The number of carbonyl (C=O) groups excluding carboxylic acids is 2. The molecule has 2 aromatic heterocycles. The minimum Gasteiger partial charge on any atom is -0.462 e. The van der Waals surface area contributed by atoms with Crippen molar-refractivity contribution >= 4 is 22.8 Å². The van der Waals surface area contributed by atoms with E-state index in [-0.39, 0.29) is 30.8 Å². The van der Waals surface area contributed by atoms with Gasteiger partial charge in [-0.2, -0.15) is 5.10 Å². The molecule has 0 fully saturated rings. The summed E-state index contributed by atoms with van der Waals surface area (Å²) in [6, 6.07) is 6.85. The summed E-state index contributed by atoms with van der Waals surface area (Å²) in [5.74, 6) is -0.964. The largest absolute Gasteiger partial charge is 0.462 e. The van der Waals surface area contributed by atoms with Gasteiger partial charge >= 0.3 is 5.97 Å². The summed E-state index contributed by atoms with van der Waals surface area (Å²) < 4.78 is 31.5. The van der Waals surface area contributed by atoms with Crippen LogP contribution < -0.4 is 5.32 Å². The number of nitrogens with one attached hydrogen (secondary N) is 1. The highest BCUT2D eigenvalue weighted by Crippen LogP contribution is 2.32. The lowest BCUT2D eigenvalue weighted by molar-refractivity contribution is 0.0528. The Morgan fingerprint density at radius 1 is 1.22 bits per heavy atom. The van der Waals surface area contributed by atoms with Crippen molar-refractivity contribution in [1.29, 1.82) is 0 Å². The number of fused-ring (bicyclic) bond motifs is 1. The smallest absolute Gasteiger partial charge is 0.340 e. The molecule has 0 saturated carbocycles. The van der Waals surface area contributed by atoms with Gasteiger partial charge in [-0.1, -0.05) is 12.1 Å². The molecule has 3 aromatic rings. The molecule has 2 heterocycles. The molecule has 0 aliphatic carbocycles. The van der Waals surface area contributed by atoms with E-state index in [2.05, 4.69) is 15.4 Å². The number of hydrogen-bond acceptors (Lipinski definition) is 5. The quantitative estimate of drug-likeness (QED) is 0.393. The molecule has 1 amide bonds. The summed E-state index contributed by atoms with van der Waals surface area (Å²) in [6.07, 6.45) is -0.0907. The molecule has 1 aromatic carbocycles. The van der Waals surface area contributed by atoms with E-state index < -0.39 is 18.3 Å². The van der Waals surface area contributed by atoms with Gasteiger partial charge in [0.15, 0.2) is 0 Å². The van der Waals surface area contributed by atoms with E-state index >= 15 is 0 Å². The zero-order chi connectivity index (χ0) is 23.3. The average Bonchev–Trinajstić information content (AvgIpc) is 3.10. The molecule has 170 valence electrons. The molecule has 0 bridgehead atoms. The first kappa shape index (κ1) is 23.3. The van der Waals surface area contributed by atoms with E-state index in [9.17, 15) is 18.4 Å². The standard InChI is InChI=1S/C23H26F2N4O3/c1-4-32-23(31)16-9-7-8-15-17(18-13-27-29(3)14(18)2)12-19(28-21(15)16)22(30)26-11-6-5-10-20(24)25/h7-9,12-13,20H,4-6,10-11H2,1-3H3,(H,26,30). The Balaban J connectivity index is 2.03. The maximum absolute atomic E-state index is 12.8. The molecule has 0 unspecified atom stereocenters. The second-order valence-corrected chi connectivity index (χ2v) is 7.39. The molecular formula is C23H26F2N4O3. The minimum absolute atomic E-state index is 0.126. The van der Waals surface area contributed by atoms with Crippen LogP contribution in [0.25, 0.3) is 22.0 Å². The molecular weight excluding hydrogens is 418 g/mol. The molecule has 0 atom stereocenters. The van der Waals surface area contributed by atoms with E-state index in [1.54, 1.807) is 36.0 Å². The van der Waals surface area contributed by atoms with Crippen molar-refractivity contribution in [3.8, 4) is 11.1 Å². The van der Waals surface area contributed by atoms with Gasteiger partial charge in [0.1, 0.15) is 5.69 Å². The van der Waals surface area contributed by atoms with E-state index in [0.29, 0.717) is 23.7 Å². The van der Waals surface area contributed by atoms with Gasteiger partial charge in [-0.3, -0.25) is 9.48 Å². The van der Waals surface area contributed by atoms with Gasteiger partial charge in [-0.05, 0) is 44.4 Å². The fraction of sp³-hybridized carbons (Fsp3) is 0.391. The van der Waals surface area contributed by atoms with Gasteiger partial charge in [0.2, 0.25) is 6.43 Å². The summed E-state index contributed by atoms with van der Waals surface area (Å²) in [4.78, 5) is 29.8. The van der Waals surface area contributed by atoms with Crippen molar-refractivity contribution in [2.45, 2.75) is 39.5 Å². The van der Waals surface area contributed by atoms with Crippen LogP contribution in [0.1, 0.15) is 52.7 Å². The third-order valence-electron chi connectivity index (χ3n) is 5.23. The van der Waals surface area contributed by atoms with Gasteiger partial charge in [0, 0.05) is 36.7 Å². The Labute approximate surface area is 184 Å². The lowest BCUT2D eigenvalue weighted by Crippen LogP contribution is -2.25. The topological polar surface area (TPSA) is 86.1 Å². The van der Waals surface area contributed by atoms with E-state index in [1.165, 1.54) is 0 Å². The number of para-hydroxylation sites is 1. The number of unbranched alkanes of at least 4 members (excludes halogenated alkanes) is 1. The van der Waals surface area contributed by atoms with Crippen molar-refractivity contribution in [3.63, 3.8) is 0 Å². The van der Waals surface area contributed by atoms with Crippen molar-refractivity contribution in [2.24, 2.45) is 7.05 Å². The third-order valence-corrected chi connectivity index (χ3v) is 5.23. The molecule has 0 aliphatic heterocycles. The predicted octanol–water partition coefficient (Wildman–Crippen LogP) is 4.29. The normalized spacial score (nSPS) is 11.2. The van der Waals surface area contributed by atoms with Crippen LogP contribution in [0.2, 0.25) is 0 Å². The fourth-order valence-corrected chi connectivity index (χ4v) is 3.44.